The molecule has 0 aliphatic carbocycles. The fourth-order valence-electron chi connectivity index (χ4n) is 3.49. The van der Waals surface area contributed by atoms with Gasteiger partial charge in [-0.05, 0) is 58.8 Å². The van der Waals surface area contributed by atoms with Crippen LogP contribution in [0.4, 0.5) is 5.69 Å². The molecule has 26 heavy (non-hydrogen) atoms. The molecule has 2 aromatic carbocycles. The van der Waals surface area contributed by atoms with Crippen LogP contribution in [0.3, 0.4) is 0 Å². The first-order valence-electron chi connectivity index (χ1n) is 8.60. The Morgan fingerprint density at radius 3 is 2.54 bits per heavy atom. The molecule has 3 aromatic rings. The van der Waals surface area contributed by atoms with Crippen LogP contribution in [-0.2, 0) is 13.0 Å². The first kappa shape index (κ1) is 16.8. The van der Waals surface area contributed by atoms with E-state index < -0.39 is 0 Å². The molecule has 0 bridgehead atoms. The van der Waals surface area contributed by atoms with E-state index in [-0.39, 0.29) is 18.6 Å². The topological polar surface area (TPSA) is 66.6 Å². The van der Waals surface area contributed by atoms with Crippen molar-refractivity contribution in [3.8, 4) is 0 Å². The van der Waals surface area contributed by atoms with Crippen molar-refractivity contribution in [2.24, 2.45) is 0 Å². The van der Waals surface area contributed by atoms with Crippen molar-refractivity contribution < 1.29 is 9.90 Å². The summed E-state index contributed by atoms with van der Waals surface area (Å²) in [6.07, 6.45) is 0.874. The number of hydrogen-bond donors (Lipinski definition) is 2. The minimum Gasteiger partial charge on any atom is -0.399 e. The summed E-state index contributed by atoms with van der Waals surface area (Å²) in [6, 6.07) is 17.0. The molecule has 4 nitrogen and oxygen atoms in total. The van der Waals surface area contributed by atoms with Crippen LogP contribution in [0.1, 0.15) is 38.0 Å². The summed E-state index contributed by atoms with van der Waals surface area (Å²) in [6.45, 7) is 0.660. The van der Waals surface area contributed by atoms with Crippen molar-refractivity contribution >= 4 is 22.9 Å². The van der Waals surface area contributed by atoms with Gasteiger partial charge >= 0.3 is 0 Å². The molecule has 3 N–H and O–H groups in total. The lowest BCUT2D eigenvalue weighted by Gasteiger charge is -2.36. The van der Waals surface area contributed by atoms with Crippen LogP contribution in [0.15, 0.2) is 60.0 Å². The van der Waals surface area contributed by atoms with Crippen LogP contribution < -0.4 is 5.73 Å². The highest BCUT2D eigenvalue weighted by molar-refractivity contribution is 7.10. The summed E-state index contributed by atoms with van der Waals surface area (Å²) >= 11 is 1.75. The number of thiophene rings is 1. The minimum absolute atomic E-state index is 0.00756. The maximum absolute atomic E-state index is 13.2. The molecule has 0 saturated carbocycles. The molecule has 0 saturated heterocycles. The lowest BCUT2D eigenvalue weighted by atomic mass is 9.92. The van der Waals surface area contributed by atoms with Gasteiger partial charge in [0.15, 0.2) is 0 Å². The molecule has 132 valence electrons. The minimum atomic E-state index is -0.101. The molecular weight excluding hydrogens is 344 g/mol. The normalized spacial score (nSPS) is 16.3. The van der Waals surface area contributed by atoms with Crippen LogP contribution >= 0.6 is 11.3 Å². The Bertz CT molecular complexity index is 916. The SMILES string of the molecule is Nc1ccc(C2c3ccsc3CCN2C(=O)c2ccc(CO)cc2)cc1. The second kappa shape index (κ2) is 6.94. The largest absolute Gasteiger partial charge is 0.399 e. The average Bonchev–Trinajstić information content (AvgIpc) is 3.16. The molecule has 1 atom stereocenters. The average molecular weight is 364 g/mol. The van der Waals surface area contributed by atoms with E-state index in [9.17, 15) is 9.90 Å². The summed E-state index contributed by atoms with van der Waals surface area (Å²) in [5, 5.41) is 11.3. The summed E-state index contributed by atoms with van der Waals surface area (Å²) in [7, 11) is 0. The monoisotopic (exact) mass is 364 g/mol. The smallest absolute Gasteiger partial charge is 0.254 e. The van der Waals surface area contributed by atoms with Gasteiger partial charge in [-0.3, -0.25) is 4.79 Å². The van der Waals surface area contributed by atoms with Gasteiger partial charge in [-0.1, -0.05) is 24.3 Å². The fraction of sp³-hybridized carbons (Fsp3) is 0.190. The summed E-state index contributed by atoms with van der Waals surface area (Å²) in [5.41, 5.74) is 10.3. The number of carbonyl (C=O) groups is 1. The van der Waals surface area contributed by atoms with Gasteiger partial charge in [0.1, 0.15) is 0 Å². The number of nitrogens with zero attached hydrogens (tertiary/aromatic N) is 1. The van der Waals surface area contributed by atoms with Gasteiger partial charge < -0.3 is 15.7 Å². The molecule has 0 spiro atoms. The predicted octanol–water partition coefficient (Wildman–Crippen LogP) is 3.61. The zero-order valence-corrected chi connectivity index (χ0v) is 15.1. The maximum atomic E-state index is 13.2. The second-order valence-electron chi connectivity index (χ2n) is 6.47. The van der Waals surface area contributed by atoms with Crippen molar-refractivity contribution in [3.63, 3.8) is 0 Å². The third-order valence-electron chi connectivity index (χ3n) is 4.86. The van der Waals surface area contributed by atoms with Crippen LogP contribution in [0.5, 0.6) is 0 Å². The number of carbonyl (C=O) groups excluding carboxylic acids is 1. The van der Waals surface area contributed by atoms with Crippen molar-refractivity contribution in [1.82, 2.24) is 4.90 Å². The van der Waals surface area contributed by atoms with Crippen molar-refractivity contribution in [3.05, 3.63) is 87.1 Å². The fourth-order valence-corrected chi connectivity index (χ4v) is 4.40. The maximum Gasteiger partial charge on any atom is 0.254 e. The highest BCUT2D eigenvalue weighted by atomic mass is 32.1. The Kier molecular flexibility index (Phi) is 4.49. The van der Waals surface area contributed by atoms with Crippen molar-refractivity contribution in [1.29, 1.82) is 0 Å². The van der Waals surface area contributed by atoms with Crippen LogP contribution in [0, 0.1) is 0 Å². The third kappa shape index (κ3) is 3.00. The van der Waals surface area contributed by atoms with Crippen molar-refractivity contribution in [2.45, 2.75) is 19.1 Å². The van der Waals surface area contributed by atoms with Gasteiger partial charge in [-0.25, -0.2) is 0 Å². The highest BCUT2D eigenvalue weighted by Gasteiger charge is 2.33. The van der Waals surface area contributed by atoms with E-state index in [1.54, 1.807) is 35.6 Å². The third-order valence-corrected chi connectivity index (χ3v) is 5.86. The van der Waals surface area contributed by atoms with Gasteiger partial charge in [0.25, 0.3) is 5.91 Å². The zero-order chi connectivity index (χ0) is 18.1. The van der Waals surface area contributed by atoms with Gasteiger partial charge in [0, 0.05) is 22.7 Å². The molecule has 1 aromatic heterocycles. The Labute approximate surface area is 156 Å². The van der Waals surface area contributed by atoms with Gasteiger partial charge in [0.05, 0.1) is 12.6 Å². The number of fused-ring (bicyclic) bond motifs is 1. The Balaban J connectivity index is 1.73. The highest BCUT2D eigenvalue weighted by Crippen LogP contribution is 2.38. The lowest BCUT2D eigenvalue weighted by Crippen LogP contribution is -2.40. The lowest BCUT2D eigenvalue weighted by molar-refractivity contribution is 0.0696. The number of hydrogen-bond acceptors (Lipinski definition) is 4. The molecule has 1 aliphatic rings. The summed E-state index contributed by atoms with van der Waals surface area (Å²) < 4.78 is 0. The van der Waals surface area contributed by atoms with E-state index in [2.05, 4.69) is 11.4 Å². The summed E-state index contributed by atoms with van der Waals surface area (Å²) in [4.78, 5) is 16.5. The molecule has 1 amide bonds. The number of benzene rings is 2. The molecule has 1 unspecified atom stereocenters. The van der Waals surface area contributed by atoms with Gasteiger partial charge in [-0.2, -0.15) is 0 Å². The number of aliphatic hydroxyl groups is 1. The molecule has 1 aliphatic heterocycles. The summed E-state index contributed by atoms with van der Waals surface area (Å²) in [5.74, 6) is 0.00756. The van der Waals surface area contributed by atoms with E-state index in [1.807, 2.05) is 29.2 Å². The molecule has 2 heterocycles. The van der Waals surface area contributed by atoms with Gasteiger partial charge in [-0.15, -0.1) is 11.3 Å². The van der Waals surface area contributed by atoms with Crippen LogP contribution in [-0.4, -0.2) is 22.5 Å². The first-order chi connectivity index (χ1) is 12.7. The predicted molar refractivity (Wildman–Crippen MR) is 104 cm³/mol. The Morgan fingerprint density at radius 2 is 1.85 bits per heavy atom. The Hall–Kier alpha value is -2.63. The van der Waals surface area contributed by atoms with Crippen LogP contribution in [0.25, 0.3) is 0 Å². The number of aliphatic hydroxyl groups excluding tert-OH is 1. The quantitative estimate of drug-likeness (QED) is 0.698. The molecule has 0 fully saturated rings. The van der Waals surface area contributed by atoms with E-state index in [0.29, 0.717) is 17.8 Å². The molecule has 5 heteroatoms. The number of nitrogen functional groups attached to an aromatic ring is 1. The van der Waals surface area contributed by atoms with Crippen LogP contribution in [0.2, 0.25) is 0 Å². The van der Waals surface area contributed by atoms with E-state index in [1.165, 1.54) is 10.4 Å². The zero-order valence-electron chi connectivity index (χ0n) is 14.3. The Morgan fingerprint density at radius 1 is 1.12 bits per heavy atom. The number of amides is 1. The standard InChI is InChI=1S/C21H20N2O2S/c22-17-7-5-15(6-8-17)20-18-10-12-26-19(18)9-11-23(20)21(25)16-3-1-14(13-24)2-4-16/h1-8,10,12,20,24H,9,11,13,22H2. The van der Waals surface area contributed by atoms with E-state index in [4.69, 9.17) is 5.73 Å². The van der Waals surface area contributed by atoms with Crippen molar-refractivity contribution in [2.75, 3.05) is 12.3 Å². The number of nitrogens with two attached hydrogens (primary N) is 1. The molecule has 0 radical (unpaired) electrons. The van der Waals surface area contributed by atoms with E-state index in [0.717, 1.165) is 17.5 Å². The molecule has 4 rings (SSSR count). The second-order valence-corrected chi connectivity index (χ2v) is 7.47. The first-order valence-corrected chi connectivity index (χ1v) is 9.48. The van der Waals surface area contributed by atoms with Gasteiger partial charge in [0.2, 0.25) is 0 Å². The number of anilines is 1. The van der Waals surface area contributed by atoms with E-state index >= 15 is 0 Å². The molecular formula is C21H20N2O2S. The number of rotatable bonds is 3.